The molecule has 2 fully saturated rings. The van der Waals surface area contributed by atoms with E-state index < -0.39 is 20.9 Å². The minimum absolute atomic E-state index is 0.0486. The molecule has 6 heteroatoms. The van der Waals surface area contributed by atoms with Gasteiger partial charge in [0.25, 0.3) is 0 Å². The minimum Gasteiger partial charge on any atom is -0.389 e. The molecule has 0 saturated carbocycles. The van der Waals surface area contributed by atoms with Crippen molar-refractivity contribution in [1.29, 1.82) is 0 Å². The van der Waals surface area contributed by atoms with Gasteiger partial charge in [0, 0.05) is 12.0 Å². The van der Waals surface area contributed by atoms with Crippen molar-refractivity contribution in [3.8, 4) is 0 Å². The molecule has 2 heterocycles. The number of nitrogens with one attached hydrogen (secondary N) is 1. The molecule has 0 radical (unpaired) electrons. The molecule has 2 aliphatic rings. The van der Waals surface area contributed by atoms with E-state index in [1.165, 1.54) is 0 Å². The summed E-state index contributed by atoms with van der Waals surface area (Å²) in [6, 6.07) is 0. The lowest BCUT2D eigenvalue weighted by Crippen LogP contribution is -2.54. The average Bonchev–Trinajstić information content (AvgIpc) is 2.46. The van der Waals surface area contributed by atoms with Crippen LogP contribution < -0.4 is 11.1 Å². The molecule has 2 unspecified atom stereocenters. The highest BCUT2D eigenvalue weighted by molar-refractivity contribution is 7.91. The number of sulfone groups is 1. The Balaban J connectivity index is 2.28. The molecule has 0 aliphatic carbocycles. The van der Waals surface area contributed by atoms with Crippen LogP contribution in [0, 0.1) is 5.41 Å². The molecule has 0 aromatic carbocycles. The summed E-state index contributed by atoms with van der Waals surface area (Å²) in [6.07, 6.45) is 2.62. The van der Waals surface area contributed by atoms with Gasteiger partial charge in [0.1, 0.15) is 0 Å². The molecule has 0 amide bonds. The number of hydrogen-bond acceptors (Lipinski definition) is 5. The van der Waals surface area contributed by atoms with E-state index in [-0.39, 0.29) is 18.1 Å². The molecule has 2 rings (SSSR count). The molecule has 17 heavy (non-hydrogen) atoms. The van der Waals surface area contributed by atoms with Gasteiger partial charge < -0.3 is 16.2 Å². The first-order valence-electron chi connectivity index (χ1n) is 6.27. The Morgan fingerprint density at radius 2 is 2.00 bits per heavy atom. The van der Waals surface area contributed by atoms with Crippen LogP contribution in [0.15, 0.2) is 0 Å². The number of aliphatic hydroxyl groups is 1. The Morgan fingerprint density at radius 3 is 2.59 bits per heavy atom. The van der Waals surface area contributed by atoms with E-state index in [1.807, 2.05) is 0 Å². The largest absolute Gasteiger partial charge is 0.389 e. The second kappa shape index (κ2) is 4.50. The van der Waals surface area contributed by atoms with Crippen molar-refractivity contribution in [2.45, 2.75) is 31.3 Å². The number of rotatable bonds is 2. The van der Waals surface area contributed by atoms with E-state index >= 15 is 0 Å². The summed E-state index contributed by atoms with van der Waals surface area (Å²) < 4.78 is 23.4. The van der Waals surface area contributed by atoms with Crippen LogP contribution in [0.25, 0.3) is 0 Å². The monoisotopic (exact) mass is 262 g/mol. The Labute approximate surface area is 103 Å². The maximum atomic E-state index is 11.7. The topological polar surface area (TPSA) is 92.4 Å². The number of nitrogens with two attached hydrogens (primary N) is 1. The van der Waals surface area contributed by atoms with E-state index in [4.69, 9.17) is 5.73 Å². The normalized spacial score (nSPS) is 42.2. The third kappa shape index (κ3) is 2.36. The van der Waals surface area contributed by atoms with Crippen LogP contribution in [0.4, 0.5) is 0 Å². The summed E-state index contributed by atoms with van der Waals surface area (Å²) in [4.78, 5) is 0. The highest BCUT2D eigenvalue weighted by atomic mass is 32.2. The first-order chi connectivity index (χ1) is 7.93. The highest BCUT2D eigenvalue weighted by Gasteiger charge is 2.54. The van der Waals surface area contributed by atoms with Gasteiger partial charge in [-0.1, -0.05) is 0 Å². The van der Waals surface area contributed by atoms with Crippen molar-refractivity contribution in [2.24, 2.45) is 11.1 Å². The summed E-state index contributed by atoms with van der Waals surface area (Å²) in [5.74, 6) is 0.215. The summed E-state index contributed by atoms with van der Waals surface area (Å²) in [7, 11) is -3.03. The van der Waals surface area contributed by atoms with Crippen LogP contribution in [-0.4, -0.2) is 50.3 Å². The summed E-state index contributed by atoms with van der Waals surface area (Å²) in [6.45, 7) is 1.87. The van der Waals surface area contributed by atoms with Crippen LogP contribution in [0.3, 0.4) is 0 Å². The molecule has 2 atom stereocenters. The molecule has 100 valence electrons. The standard InChI is InChI=1S/C11H22N2O3S/c12-8-10(4-7-17(15,16)9-10)11(14)2-1-5-13-6-3-11/h13-14H,1-9,12H2. The molecular weight excluding hydrogens is 240 g/mol. The Morgan fingerprint density at radius 1 is 1.24 bits per heavy atom. The minimum atomic E-state index is -3.03. The fourth-order valence-electron chi connectivity index (χ4n) is 3.22. The zero-order valence-electron chi connectivity index (χ0n) is 10.1. The van der Waals surface area contributed by atoms with Crippen molar-refractivity contribution in [3.63, 3.8) is 0 Å². The molecule has 0 aromatic heterocycles. The van der Waals surface area contributed by atoms with E-state index in [2.05, 4.69) is 5.32 Å². The second-order valence-corrected chi connectivity index (χ2v) is 7.65. The van der Waals surface area contributed by atoms with Crippen LogP contribution in [-0.2, 0) is 9.84 Å². The third-order valence-corrected chi connectivity index (χ3v) is 6.24. The van der Waals surface area contributed by atoms with Gasteiger partial charge in [0.2, 0.25) is 0 Å². The van der Waals surface area contributed by atoms with Gasteiger partial charge in [-0.2, -0.15) is 0 Å². The summed E-state index contributed by atoms with van der Waals surface area (Å²) >= 11 is 0. The lowest BCUT2D eigenvalue weighted by molar-refractivity contribution is -0.0768. The zero-order chi connectivity index (χ0) is 12.6. The molecule has 2 saturated heterocycles. The maximum Gasteiger partial charge on any atom is 0.151 e. The third-order valence-electron chi connectivity index (χ3n) is 4.43. The predicted octanol–water partition coefficient (Wildman–Crippen LogP) is -0.745. The molecule has 5 nitrogen and oxygen atoms in total. The fourth-order valence-corrected chi connectivity index (χ4v) is 5.43. The molecule has 2 aliphatic heterocycles. The Kier molecular flexibility index (Phi) is 3.51. The van der Waals surface area contributed by atoms with Crippen molar-refractivity contribution >= 4 is 9.84 Å². The van der Waals surface area contributed by atoms with Crippen LogP contribution in [0.2, 0.25) is 0 Å². The van der Waals surface area contributed by atoms with Gasteiger partial charge >= 0.3 is 0 Å². The smallest absolute Gasteiger partial charge is 0.151 e. The first kappa shape index (κ1) is 13.3. The molecule has 4 N–H and O–H groups in total. The molecular formula is C11H22N2O3S. The first-order valence-corrected chi connectivity index (χ1v) is 8.09. The fraction of sp³-hybridized carbons (Fsp3) is 1.00. The summed E-state index contributed by atoms with van der Waals surface area (Å²) in [5, 5.41) is 14.1. The maximum absolute atomic E-state index is 11.7. The summed E-state index contributed by atoms with van der Waals surface area (Å²) in [5.41, 5.74) is 4.26. The van der Waals surface area contributed by atoms with Crippen molar-refractivity contribution in [1.82, 2.24) is 5.32 Å². The van der Waals surface area contributed by atoms with Gasteiger partial charge in [-0.05, 0) is 38.8 Å². The lowest BCUT2D eigenvalue weighted by Gasteiger charge is -2.43. The highest BCUT2D eigenvalue weighted by Crippen LogP contribution is 2.45. The number of hydrogen-bond donors (Lipinski definition) is 3. The van der Waals surface area contributed by atoms with Gasteiger partial charge in [0.05, 0.1) is 17.1 Å². The molecule has 0 aromatic rings. The second-order valence-electron chi connectivity index (χ2n) is 5.46. The van der Waals surface area contributed by atoms with E-state index in [9.17, 15) is 13.5 Å². The SMILES string of the molecule is NCC1(C2(O)CCCNCC2)CCS(=O)(=O)C1. The van der Waals surface area contributed by atoms with Crippen molar-refractivity contribution in [3.05, 3.63) is 0 Å². The van der Waals surface area contributed by atoms with E-state index in [0.29, 0.717) is 19.3 Å². The van der Waals surface area contributed by atoms with Gasteiger partial charge in [0.15, 0.2) is 9.84 Å². The zero-order valence-corrected chi connectivity index (χ0v) is 10.9. The predicted molar refractivity (Wildman–Crippen MR) is 66.4 cm³/mol. The van der Waals surface area contributed by atoms with Crippen molar-refractivity contribution < 1.29 is 13.5 Å². The van der Waals surface area contributed by atoms with Gasteiger partial charge in [-0.3, -0.25) is 0 Å². The van der Waals surface area contributed by atoms with E-state index in [1.54, 1.807) is 0 Å². The van der Waals surface area contributed by atoms with Crippen LogP contribution >= 0.6 is 0 Å². The Hall–Kier alpha value is -0.170. The van der Waals surface area contributed by atoms with Gasteiger partial charge in [-0.15, -0.1) is 0 Å². The average molecular weight is 262 g/mol. The van der Waals surface area contributed by atoms with E-state index in [0.717, 1.165) is 19.5 Å². The quantitative estimate of drug-likeness (QED) is 0.609. The molecule has 0 bridgehead atoms. The van der Waals surface area contributed by atoms with Gasteiger partial charge in [-0.25, -0.2) is 8.42 Å². The van der Waals surface area contributed by atoms with Crippen LogP contribution in [0.1, 0.15) is 25.7 Å². The van der Waals surface area contributed by atoms with Crippen molar-refractivity contribution in [2.75, 3.05) is 31.1 Å². The lowest BCUT2D eigenvalue weighted by atomic mass is 9.68. The molecule has 0 spiro atoms. The Bertz CT molecular complexity index is 374. The van der Waals surface area contributed by atoms with Crippen LogP contribution in [0.5, 0.6) is 0 Å².